The van der Waals surface area contributed by atoms with Crippen LogP contribution in [0, 0.1) is 0 Å². The van der Waals surface area contributed by atoms with E-state index in [1.807, 2.05) is 6.07 Å². The first-order valence-electron chi connectivity index (χ1n) is 11.0. The second-order valence-electron chi connectivity index (χ2n) is 8.61. The maximum atomic E-state index is 6.71. The molecule has 1 unspecified atom stereocenters. The Morgan fingerprint density at radius 1 is 1.03 bits per heavy atom. The molecule has 0 amide bonds. The van der Waals surface area contributed by atoms with Crippen molar-refractivity contribution in [3.05, 3.63) is 53.6 Å². The molecule has 0 aromatic heterocycles. The molecule has 4 aliphatic heterocycles. The number of piperidine rings is 1. The summed E-state index contributed by atoms with van der Waals surface area (Å²) in [5.41, 5.74) is 3.07. The number of nitrogens with zero attached hydrogens (tertiary/aromatic N) is 3. The SMILES string of the molecule is CCCN1CCC2(CC1)Oc1ccccc1C1CC(c3ccc4c(c3)OCO4)=NN12. The predicted molar refractivity (Wildman–Crippen MR) is 114 cm³/mol. The van der Waals surface area contributed by atoms with E-state index in [0.29, 0.717) is 6.79 Å². The summed E-state index contributed by atoms with van der Waals surface area (Å²) in [5.74, 6) is 2.63. The van der Waals surface area contributed by atoms with Crippen molar-refractivity contribution in [2.45, 2.75) is 44.4 Å². The van der Waals surface area contributed by atoms with Gasteiger partial charge in [-0.3, -0.25) is 0 Å². The van der Waals surface area contributed by atoms with Gasteiger partial charge in [0.25, 0.3) is 0 Å². The van der Waals surface area contributed by atoms with E-state index in [0.717, 1.165) is 67.4 Å². The molecule has 2 aromatic rings. The van der Waals surface area contributed by atoms with Crippen molar-refractivity contribution < 1.29 is 14.2 Å². The first-order chi connectivity index (χ1) is 14.8. The zero-order valence-corrected chi connectivity index (χ0v) is 17.3. The van der Waals surface area contributed by atoms with Crippen LogP contribution >= 0.6 is 0 Å². The zero-order valence-electron chi connectivity index (χ0n) is 17.3. The van der Waals surface area contributed by atoms with Gasteiger partial charge in [-0.2, -0.15) is 5.10 Å². The largest absolute Gasteiger partial charge is 0.466 e. The van der Waals surface area contributed by atoms with Gasteiger partial charge in [0.1, 0.15) is 5.75 Å². The van der Waals surface area contributed by atoms with Crippen LogP contribution in [0.15, 0.2) is 47.6 Å². The zero-order chi connectivity index (χ0) is 20.1. The molecule has 0 aliphatic carbocycles. The smallest absolute Gasteiger partial charge is 0.231 e. The van der Waals surface area contributed by atoms with Crippen LogP contribution < -0.4 is 14.2 Å². The first kappa shape index (κ1) is 18.1. The molecule has 1 saturated heterocycles. The number of benzene rings is 2. The number of hydrogen-bond donors (Lipinski definition) is 0. The fourth-order valence-corrected chi connectivity index (χ4v) is 5.25. The average Bonchev–Trinajstić information content (AvgIpc) is 3.43. The Morgan fingerprint density at radius 3 is 2.73 bits per heavy atom. The van der Waals surface area contributed by atoms with Gasteiger partial charge >= 0.3 is 0 Å². The Hall–Kier alpha value is -2.73. The summed E-state index contributed by atoms with van der Waals surface area (Å²) in [6, 6.07) is 14.8. The van der Waals surface area contributed by atoms with Crippen molar-refractivity contribution in [1.29, 1.82) is 0 Å². The summed E-state index contributed by atoms with van der Waals surface area (Å²) in [5, 5.41) is 7.44. The van der Waals surface area contributed by atoms with E-state index in [-0.39, 0.29) is 11.8 Å². The standard InChI is InChI=1S/C24H27N3O3/c1-2-11-26-12-9-24(10-13-26)27-20(18-5-3-4-6-21(18)30-24)15-19(25-27)17-7-8-22-23(14-17)29-16-28-22/h3-8,14,20H,2,9-13,15-16H2,1H3. The highest BCUT2D eigenvalue weighted by Crippen LogP contribution is 2.50. The maximum Gasteiger partial charge on any atom is 0.231 e. The van der Waals surface area contributed by atoms with Gasteiger partial charge < -0.3 is 19.1 Å². The molecule has 0 bridgehead atoms. The van der Waals surface area contributed by atoms with Gasteiger partial charge in [0.15, 0.2) is 11.5 Å². The van der Waals surface area contributed by atoms with E-state index in [1.54, 1.807) is 0 Å². The lowest BCUT2D eigenvalue weighted by molar-refractivity contribution is -0.149. The van der Waals surface area contributed by atoms with Gasteiger partial charge in [0, 0.05) is 43.5 Å². The highest BCUT2D eigenvalue weighted by atomic mass is 16.7. The minimum Gasteiger partial charge on any atom is -0.466 e. The molecular weight excluding hydrogens is 378 g/mol. The van der Waals surface area contributed by atoms with Crippen molar-refractivity contribution in [2.75, 3.05) is 26.4 Å². The fourth-order valence-electron chi connectivity index (χ4n) is 5.25. The van der Waals surface area contributed by atoms with E-state index in [4.69, 9.17) is 19.3 Å². The minimum atomic E-state index is -0.360. The number of para-hydroxylation sites is 1. The van der Waals surface area contributed by atoms with Gasteiger partial charge in [0.2, 0.25) is 12.5 Å². The molecule has 1 spiro atoms. The number of rotatable bonds is 3. The monoisotopic (exact) mass is 405 g/mol. The Balaban J connectivity index is 1.36. The fraction of sp³-hybridized carbons (Fsp3) is 0.458. The molecule has 1 atom stereocenters. The summed E-state index contributed by atoms with van der Waals surface area (Å²) in [6.45, 7) is 5.79. The molecule has 4 heterocycles. The number of ether oxygens (including phenoxy) is 3. The Bertz CT molecular complexity index is 997. The molecule has 4 aliphatic rings. The van der Waals surface area contributed by atoms with Crippen LogP contribution in [0.2, 0.25) is 0 Å². The molecule has 2 aromatic carbocycles. The maximum absolute atomic E-state index is 6.71. The van der Waals surface area contributed by atoms with Crippen LogP contribution in [-0.4, -0.2) is 47.8 Å². The molecule has 1 fully saturated rings. The van der Waals surface area contributed by atoms with Gasteiger partial charge in [0.05, 0.1) is 11.8 Å². The van der Waals surface area contributed by atoms with Crippen molar-refractivity contribution in [3.63, 3.8) is 0 Å². The molecule has 6 rings (SSSR count). The molecular formula is C24H27N3O3. The first-order valence-corrected chi connectivity index (χ1v) is 11.0. The van der Waals surface area contributed by atoms with Gasteiger partial charge in [-0.15, -0.1) is 0 Å². The van der Waals surface area contributed by atoms with Crippen LogP contribution in [0.25, 0.3) is 0 Å². The summed E-state index contributed by atoms with van der Waals surface area (Å²) < 4.78 is 17.8. The molecule has 30 heavy (non-hydrogen) atoms. The average molecular weight is 405 g/mol. The van der Waals surface area contributed by atoms with Gasteiger partial charge in [-0.1, -0.05) is 25.1 Å². The summed E-state index contributed by atoms with van der Waals surface area (Å²) in [7, 11) is 0. The van der Waals surface area contributed by atoms with Crippen molar-refractivity contribution >= 4 is 5.71 Å². The van der Waals surface area contributed by atoms with E-state index in [2.05, 4.69) is 53.2 Å². The molecule has 0 radical (unpaired) electrons. The minimum absolute atomic E-state index is 0.216. The second-order valence-corrected chi connectivity index (χ2v) is 8.61. The van der Waals surface area contributed by atoms with Crippen LogP contribution in [0.3, 0.4) is 0 Å². The van der Waals surface area contributed by atoms with Crippen LogP contribution in [0.4, 0.5) is 0 Å². The molecule has 6 nitrogen and oxygen atoms in total. The van der Waals surface area contributed by atoms with Crippen molar-refractivity contribution in [1.82, 2.24) is 9.91 Å². The second kappa shape index (κ2) is 6.91. The lowest BCUT2D eigenvalue weighted by Gasteiger charge is -2.51. The molecule has 0 N–H and O–H groups in total. The molecule has 156 valence electrons. The third kappa shape index (κ3) is 2.77. The van der Waals surface area contributed by atoms with Crippen molar-refractivity contribution in [3.8, 4) is 17.2 Å². The van der Waals surface area contributed by atoms with Crippen LogP contribution in [0.1, 0.15) is 49.8 Å². The van der Waals surface area contributed by atoms with E-state index < -0.39 is 0 Å². The van der Waals surface area contributed by atoms with Crippen molar-refractivity contribution in [2.24, 2.45) is 5.10 Å². The summed E-state index contributed by atoms with van der Waals surface area (Å²) in [4.78, 5) is 2.54. The number of hydrogen-bond acceptors (Lipinski definition) is 6. The number of fused-ring (bicyclic) bond motifs is 5. The normalized spacial score (nSPS) is 23.7. The highest BCUT2D eigenvalue weighted by molar-refractivity contribution is 6.02. The van der Waals surface area contributed by atoms with E-state index >= 15 is 0 Å². The summed E-state index contributed by atoms with van der Waals surface area (Å²) in [6.07, 6.45) is 4.00. The van der Waals surface area contributed by atoms with E-state index in [9.17, 15) is 0 Å². The predicted octanol–water partition coefficient (Wildman–Crippen LogP) is 4.16. The van der Waals surface area contributed by atoms with E-state index in [1.165, 1.54) is 12.0 Å². The number of likely N-dealkylation sites (tertiary alicyclic amines) is 1. The lowest BCUT2D eigenvalue weighted by atomic mass is 9.90. The third-order valence-corrected chi connectivity index (χ3v) is 6.79. The van der Waals surface area contributed by atoms with Gasteiger partial charge in [-0.25, -0.2) is 5.01 Å². The van der Waals surface area contributed by atoms with Gasteiger partial charge in [-0.05, 0) is 37.2 Å². The Labute approximate surface area is 177 Å². The summed E-state index contributed by atoms with van der Waals surface area (Å²) >= 11 is 0. The quantitative estimate of drug-likeness (QED) is 0.767. The highest BCUT2D eigenvalue weighted by Gasteiger charge is 2.51. The lowest BCUT2D eigenvalue weighted by Crippen LogP contribution is -2.59. The Morgan fingerprint density at radius 2 is 1.87 bits per heavy atom. The van der Waals surface area contributed by atoms with Crippen LogP contribution in [-0.2, 0) is 0 Å². The Kier molecular flexibility index (Phi) is 4.16. The third-order valence-electron chi connectivity index (χ3n) is 6.79. The molecule has 0 saturated carbocycles. The topological polar surface area (TPSA) is 46.5 Å². The molecule has 6 heteroatoms. The number of hydrazone groups is 1. The van der Waals surface area contributed by atoms with Crippen LogP contribution in [0.5, 0.6) is 17.2 Å².